The van der Waals surface area contributed by atoms with Gasteiger partial charge in [-0.1, -0.05) is 31.2 Å². The zero-order valence-corrected chi connectivity index (χ0v) is 24.6. The van der Waals surface area contributed by atoms with Crippen molar-refractivity contribution in [3.05, 3.63) is 95.4 Å². The van der Waals surface area contributed by atoms with Gasteiger partial charge in [-0.15, -0.1) is 0 Å². The number of urea groups is 1. The van der Waals surface area contributed by atoms with E-state index in [2.05, 4.69) is 33.6 Å². The maximum Gasteiger partial charge on any atom is 0.318 e. The molecule has 0 radical (unpaired) electrons. The number of amides is 3. The number of carbonyl (C=O) groups excluding carboxylic acids is 2. The molecule has 3 amide bonds. The monoisotopic (exact) mass is 583 g/mol. The van der Waals surface area contributed by atoms with Gasteiger partial charge in [-0.3, -0.25) is 4.79 Å². The molecule has 224 valence electrons. The number of aromatic nitrogens is 1. The van der Waals surface area contributed by atoms with Gasteiger partial charge in [0, 0.05) is 67.7 Å². The quantitative estimate of drug-likeness (QED) is 0.262. The highest BCUT2D eigenvalue weighted by Crippen LogP contribution is 2.29. The van der Waals surface area contributed by atoms with Crippen LogP contribution in [0.4, 0.5) is 14.9 Å². The highest BCUT2D eigenvalue weighted by atomic mass is 19.1. The van der Waals surface area contributed by atoms with E-state index < -0.39 is 6.04 Å². The first kappa shape index (κ1) is 28.7. The van der Waals surface area contributed by atoms with E-state index in [4.69, 9.17) is 4.74 Å². The predicted molar refractivity (Wildman–Crippen MR) is 166 cm³/mol. The molecule has 3 aromatic carbocycles. The van der Waals surface area contributed by atoms with Crippen LogP contribution in [0, 0.1) is 5.82 Å². The standard InChI is InChI=1S/C34H38FN5O3/c1-22(30-20-36-31-6-4-3-5-29(30)31)32(33(41)37-26-10-7-23-13-16-39(2)21-24(23)19-26)38-34(42)40-17-14-28(15-18-40)43-27-11-8-25(35)9-12-27/h3-12,19-20,22,28,32,36H,13-18,21H2,1-2H3,(H,37,41)(H,38,42). The van der Waals surface area contributed by atoms with E-state index in [1.165, 1.54) is 23.3 Å². The van der Waals surface area contributed by atoms with Gasteiger partial charge in [0.15, 0.2) is 0 Å². The number of fused-ring (bicyclic) bond motifs is 2. The molecule has 2 aliphatic rings. The lowest BCUT2D eigenvalue weighted by atomic mass is 9.92. The number of carbonyl (C=O) groups is 2. The molecule has 0 saturated carbocycles. The number of halogens is 1. The molecule has 0 bridgehead atoms. The molecule has 2 unspecified atom stereocenters. The minimum absolute atomic E-state index is 0.0678. The van der Waals surface area contributed by atoms with Gasteiger partial charge in [0.2, 0.25) is 5.91 Å². The number of H-pyrrole nitrogens is 1. The van der Waals surface area contributed by atoms with Crippen LogP contribution in [0.2, 0.25) is 0 Å². The van der Waals surface area contributed by atoms with Gasteiger partial charge in [-0.05, 0) is 72.6 Å². The van der Waals surface area contributed by atoms with Gasteiger partial charge in [0.25, 0.3) is 0 Å². The number of aromatic amines is 1. The Morgan fingerprint density at radius 1 is 1.00 bits per heavy atom. The zero-order valence-electron chi connectivity index (χ0n) is 24.6. The Morgan fingerprint density at radius 2 is 1.77 bits per heavy atom. The first-order chi connectivity index (χ1) is 20.8. The summed E-state index contributed by atoms with van der Waals surface area (Å²) < 4.78 is 19.3. The Bertz CT molecular complexity index is 1600. The lowest BCUT2D eigenvalue weighted by Gasteiger charge is -2.34. The van der Waals surface area contributed by atoms with Crippen molar-refractivity contribution in [2.75, 3.05) is 32.0 Å². The fraction of sp³-hybridized carbons (Fsp3) is 0.353. The lowest BCUT2D eigenvalue weighted by molar-refractivity contribution is -0.118. The average molecular weight is 584 g/mol. The van der Waals surface area contributed by atoms with Crippen LogP contribution < -0.4 is 15.4 Å². The summed E-state index contributed by atoms with van der Waals surface area (Å²) in [6.45, 7) is 4.82. The number of ether oxygens (including phenoxy) is 1. The van der Waals surface area contributed by atoms with Gasteiger partial charge in [0.1, 0.15) is 23.7 Å². The van der Waals surface area contributed by atoms with E-state index in [1.54, 1.807) is 17.0 Å². The topological polar surface area (TPSA) is 89.7 Å². The molecule has 43 heavy (non-hydrogen) atoms. The number of likely N-dealkylation sites (tertiary alicyclic amines) is 1. The summed E-state index contributed by atoms with van der Waals surface area (Å²) in [7, 11) is 2.10. The van der Waals surface area contributed by atoms with Crippen molar-refractivity contribution in [1.29, 1.82) is 0 Å². The Hall–Kier alpha value is -4.37. The minimum atomic E-state index is -0.807. The Balaban J connectivity index is 1.17. The Kier molecular flexibility index (Phi) is 8.33. The van der Waals surface area contributed by atoms with Crippen molar-refractivity contribution in [3.63, 3.8) is 0 Å². The van der Waals surface area contributed by atoms with Crippen LogP contribution in [-0.4, -0.2) is 65.5 Å². The summed E-state index contributed by atoms with van der Waals surface area (Å²) in [4.78, 5) is 34.8. The molecular weight excluding hydrogens is 545 g/mol. The van der Waals surface area contributed by atoms with Crippen LogP contribution in [0.3, 0.4) is 0 Å². The Morgan fingerprint density at radius 3 is 2.56 bits per heavy atom. The summed E-state index contributed by atoms with van der Waals surface area (Å²) in [5.74, 6) is -0.256. The van der Waals surface area contributed by atoms with Crippen LogP contribution in [0.5, 0.6) is 5.75 Å². The van der Waals surface area contributed by atoms with E-state index in [-0.39, 0.29) is 29.8 Å². The fourth-order valence-corrected chi connectivity index (χ4v) is 6.17. The van der Waals surface area contributed by atoms with Crippen LogP contribution in [0.15, 0.2) is 72.9 Å². The molecule has 0 spiro atoms. The zero-order chi connectivity index (χ0) is 29.9. The molecular formula is C34H38FN5O3. The predicted octanol–water partition coefficient (Wildman–Crippen LogP) is 5.66. The summed E-state index contributed by atoms with van der Waals surface area (Å²) >= 11 is 0. The van der Waals surface area contributed by atoms with Gasteiger partial charge >= 0.3 is 6.03 Å². The second-order valence-electron chi connectivity index (χ2n) is 11.7. The first-order valence-corrected chi connectivity index (χ1v) is 15.0. The summed E-state index contributed by atoms with van der Waals surface area (Å²) in [6.07, 6.45) is 4.13. The molecule has 1 aromatic heterocycles. The second-order valence-corrected chi connectivity index (χ2v) is 11.7. The molecule has 2 aliphatic heterocycles. The van der Waals surface area contributed by atoms with Crippen LogP contribution in [0.1, 0.15) is 42.4 Å². The number of rotatable bonds is 7. The first-order valence-electron chi connectivity index (χ1n) is 15.0. The molecule has 8 nitrogen and oxygen atoms in total. The number of hydrogen-bond acceptors (Lipinski definition) is 4. The smallest absolute Gasteiger partial charge is 0.318 e. The molecule has 2 atom stereocenters. The number of hydrogen-bond donors (Lipinski definition) is 3. The van der Waals surface area contributed by atoms with Crippen molar-refractivity contribution >= 4 is 28.5 Å². The van der Waals surface area contributed by atoms with Crippen molar-refractivity contribution in [1.82, 2.24) is 20.1 Å². The maximum absolute atomic E-state index is 13.9. The van der Waals surface area contributed by atoms with Gasteiger partial charge in [0.05, 0.1) is 0 Å². The molecule has 1 fully saturated rings. The summed E-state index contributed by atoms with van der Waals surface area (Å²) in [5, 5.41) is 7.19. The third-order valence-electron chi connectivity index (χ3n) is 8.70. The van der Waals surface area contributed by atoms with E-state index in [1.807, 2.05) is 49.5 Å². The summed E-state index contributed by atoms with van der Waals surface area (Å²) in [6, 6.07) is 19.0. The third kappa shape index (κ3) is 6.51. The molecule has 6 rings (SSSR count). The summed E-state index contributed by atoms with van der Waals surface area (Å²) in [5.41, 5.74) is 5.19. The number of anilines is 1. The molecule has 1 saturated heterocycles. The van der Waals surface area contributed by atoms with E-state index >= 15 is 0 Å². The highest BCUT2D eigenvalue weighted by molar-refractivity contribution is 5.98. The van der Waals surface area contributed by atoms with E-state index in [0.717, 1.165) is 41.7 Å². The number of nitrogens with one attached hydrogen (secondary N) is 3. The number of nitrogens with zero attached hydrogens (tertiary/aromatic N) is 2. The van der Waals surface area contributed by atoms with Crippen LogP contribution >= 0.6 is 0 Å². The van der Waals surface area contributed by atoms with Gasteiger partial charge < -0.3 is 30.2 Å². The largest absolute Gasteiger partial charge is 0.490 e. The molecule has 3 N–H and O–H groups in total. The molecule has 0 aliphatic carbocycles. The van der Waals surface area contributed by atoms with Crippen molar-refractivity contribution in [2.45, 2.75) is 50.8 Å². The SMILES string of the molecule is CC(c1c[nH]c2ccccc12)C(NC(=O)N1CCC(Oc2ccc(F)cc2)CC1)C(=O)Nc1ccc2c(c1)CN(C)CC2. The minimum Gasteiger partial charge on any atom is -0.490 e. The second kappa shape index (κ2) is 12.5. The van der Waals surface area contributed by atoms with Crippen LogP contribution in [-0.2, 0) is 17.8 Å². The van der Waals surface area contributed by atoms with Gasteiger partial charge in [-0.25, -0.2) is 9.18 Å². The number of piperidine rings is 1. The fourth-order valence-electron chi connectivity index (χ4n) is 6.17. The van der Waals surface area contributed by atoms with E-state index in [0.29, 0.717) is 31.7 Å². The average Bonchev–Trinajstić information content (AvgIpc) is 3.45. The number of benzene rings is 3. The molecule has 4 aromatic rings. The van der Waals surface area contributed by atoms with Crippen molar-refractivity contribution < 1.29 is 18.7 Å². The van der Waals surface area contributed by atoms with Crippen molar-refractivity contribution in [2.24, 2.45) is 0 Å². The lowest BCUT2D eigenvalue weighted by Crippen LogP contribution is -2.53. The van der Waals surface area contributed by atoms with Crippen LogP contribution in [0.25, 0.3) is 10.9 Å². The normalized spacial score (nSPS) is 17.2. The Labute approximate surface area is 251 Å². The van der Waals surface area contributed by atoms with E-state index in [9.17, 15) is 14.0 Å². The van der Waals surface area contributed by atoms with Gasteiger partial charge in [-0.2, -0.15) is 0 Å². The van der Waals surface area contributed by atoms with Crippen molar-refractivity contribution in [3.8, 4) is 5.75 Å². The number of para-hydroxylation sites is 1. The maximum atomic E-state index is 13.9. The molecule has 3 heterocycles. The molecule has 9 heteroatoms. The third-order valence-corrected chi connectivity index (χ3v) is 8.70. The number of likely N-dealkylation sites (N-methyl/N-ethyl adjacent to an activating group) is 1. The highest BCUT2D eigenvalue weighted by Gasteiger charge is 2.33.